The van der Waals surface area contributed by atoms with Gasteiger partial charge in [-0.15, -0.1) is 0 Å². The lowest BCUT2D eigenvalue weighted by molar-refractivity contribution is 0.0701. The fraction of sp³-hybridized carbons (Fsp3) is 0.500. The molecule has 0 aliphatic carbocycles. The van der Waals surface area contributed by atoms with Crippen molar-refractivity contribution in [1.29, 1.82) is 0 Å². The molecule has 0 atom stereocenters. The summed E-state index contributed by atoms with van der Waals surface area (Å²) in [6, 6.07) is 13.0. The average molecular weight is 715 g/mol. The number of sulfonamides is 1. The van der Waals surface area contributed by atoms with Crippen molar-refractivity contribution in [3.8, 4) is 5.75 Å². The second-order valence-electron chi connectivity index (χ2n) is 12.5. The zero-order chi connectivity index (χ0) is 35.0. The van der Waals surface area contributed by atoms with Crippen molar-refractivity contribution in [2.75, 3.05) is 92.7 Å². The van der Waals surface area contributed by atoms with Gasteiger partial charge in [0.1, 0.15) is 10.8 Å². The first-order chi connectivity index (χ1) is 23.5. The highest BCUT2D eigenvalue weighted by Gasteiger charge is 2.27. The molecule has 3 aromatic rings. The lowest BCUT2D eigenvalue weighted by Gasteiger charge is -2.39. The maximum Gasteiger partial charge on any atom is 0.409 e. The predicted molar refractivity (Wildman–Crippen MR) is 195 cm³/mol. The molecule has 0 unspecified atom stereocenters. The Morgan fingerprint density at radius 2 is 1.78 bits per heavy atom. The molecule has 3 heterocycles. The molecule has 1 aromatic heterocycles. The second kappa shape index (κ2) is 16.6. The first-order valence-electron chi connectivity index (χ1n) is 16.7. The van der Waals surface area contributed by atoms with Crippen LogP contribution in [-0.4, -0.2) is 107 Å². The normalized spacial score (nSPS) is 15.9. The van der Waals surface area contributed by atoms with Crippen molar-refractivity contribution >= 4 is 62.2 Å². The zero-order valence-corrected chi connectivity index (χ0v) is 30.3. The summed E-state index contributed by atoms with van der Waals surface area (Å²) in [6.45, 7) is 8.77. The molecule has 0 radical (unpaired) electrons. The molecule has 2 aromatic carbocycles. The quantitative estimate of drug-likeness (QED) is 0.209. The molecule has 0 saturated carbocycles. The van der Waals surface area contributed by atoms with Gasteiger partial charge in [0.25, 0.3) is 0 Å². The third kappa shape index (κ3) is 9.58. The minimum Gasteiger partial charge on any atom is -0.494 e. The molecular weight excluding hydrogens is 668 g/mol. The van der Waals surface area contributed by atoms with Crippen LogP contribution in [0.4, 0.5) is 39.3 Å². The summed E-state index contributed by atoms with van der Waals surface area (Å²) in [4.78, 5) is 27.9. The fourth-order valence-corrected chi connectivity index (χ4v) is 6.68. The van der Waals surface area contributed by atoms with Crippen LogP contribution in [0.5, 0.6) is 5.75 Å². The topological polar surface area (TPSA) is 132 Å². The number of methoxy groups -OCH3 is 1. The molecule has 0 bridgehead atoms. The highest BCUT2D eigenvalue weighted by Crippen LogP contribution is 2.35. The first kappa shape index (κ1) is 36.3. The molecule has 2 aliphatic rings. The van der Waals surface area contributed by atoms with Gasteiger partial charge in [-0.3, -0.25) is 9.21 Å². The molecular formula is C34H47ClN8O5S. The Hall–Kier alpha value is -4.01. The van der Waals surface area contributed by atoms with Crippen LogP contribution in [0.15, 0.2) is 48.7 Å². The second-order valence-corrected chi connectivity index (χ2v) is 14.9. The van der Waals surface area contributed by atoms with E-state index in [4.69, 9.17) is 21.1 Å². The Bertz CT molecular complexity index is 1680. The standard InChI is InChI=1S/C34H47ClN8O5S/c1-5-6-21-48-34(44)43-19-17-41(18-20-43)24-25-13-15-42(16-14-25)26-11-12-29(31(22-26)47-3)38-33-36-23-27(35)32(39-33)37-28-9-7-8-10-30(28)40(2)49(4,45)46/h7-12,22-23,25H,5-6,13-21,24H2,1-4H3,(H2,36,37,38,39). The van der Waals surface area contributed by atoms with Gasteiger partial charge in [0.15, 0.2) is 5.82 Å². The Balaban J connectivity index is 1.16. The molecule has 15 heteroatoms. The van der Waals surface area contributed by atoms with E-state index in [0.717, 1.165) is 83.4 Å². The highest BCUT2D eigenvalue weighted by atomic mass is 35.5. The van der Waals surface area contributed by atoms with E-state index in [1.54, 1.807) is 31.4 Å². The van der Waals surface area contributed by atoms with Gasteiger partial charge in [-0.25, -0.2) is 18.2 Å². The van der Waals surface area contributed by atoms with Crippen molar-refractivity contribution in [3.05, 3.63) is 53.7 Å². The maximum atomic E-state index is 12.3. The van der Waals surface area contributed by atoms with Gasteiger partial charge in [-0.1, -0.05) is 37.1 Å². The van der Waals surface area contributed by atoms with E-state index < -0.39 is 10.0 Å². The minimum absolute atomic E-state index is 0.182. The molecule has 0 spiro atoms. The van der Waals surface area contributed by atoms with E-state index in [1.807, 2.05) is 17.0 Å². The molecule has 5 rings (SSSR count). The lowest BCUT2D eigenvalue weighted by atomic mass is 9.95. The van der Waals surface area contributed by atoms with Crippen LogP contribution < -0.4 is 24.6 Å². The van der Waals surface area contributed by atoms with Gasteiger partial charge in [-0.05, 0) is 49.4 Å². The van der Waals surface area contributed by atoms with Crippen LogP contribution in [0.25, 0.3) is 0 Å². The summed E-state index contributed by atoms with van der Waals surface area (Å²) < 4.78 is 36.7. The predicted octanol–water partition coefficient (Wildman–Crippen LogP) is 5.79. The molecule has 2 N–H and O–H groups in total. The van der Waals surface area contributed by atoms with E-state index >= 15 is 0 Å². The van der Waals surface area contributed by atoms with Gasteiger partial charge in [0.05, 0.1) is 43.2 Å². The van der Waals surface area contributed by atoms with Crippen LogP contribution >= 0.6 is 11.6 Å². The van der Waals surface area contributed by atoms with E-state index in [1.165, 1.54) is 17.5 Å². The van der Waals surface area contributed by atoms with Crippen molar-refractivity contribution in [3.63, 3.8) is 0 Å². The number of unbranched alkanes of at least 4 members (excludes halogenated alkanes) is 1. The number of nitrogens with one attached hydrogen (secondary N) is 2. The minimum atomic E-state index is -3.48. The van der Waals surface area contributed by atoms with Crippen molar-refractivity contribution in [1.82, 2.24) is 19.8 Å². The number of halogens is 1. The molecule has 2 aliphatic heterocycles. The molecule has 266 valence electrons. The number of aromatic nitrogens is 2. The number of carbonyl (C=O) groups excluding carboxylic acids is 1. The SMILES string of the molecule is CCCCOC(=O)N1CCN(CC2CCN(c3ccc(Nc4ncc(Cl)c(Nc5ccccc5N(C)S(C)(=O)=O)n4)c(OC)c3)CC2)CC1. The van der Waals surface area contributed by atoms with E-state index in [2.05, 4.69) is 43.4 Å². The Morgan fingerprint density at radius 3 is 2.47 bits per heavy atom. The van der Waals surface area contributed by atoms with Crippen LogP contribution in [-0.2, 0) is 14.8 Å². The number of carbonyl (C=O) groups is 1. The van der Waals surface area contributed by atoms with Crippen LogP contribution in [0.3, 0.4) is 0 Å². The summed E-state index contributed by atoms with van der Waals surface area (Å²) in [5, 5.41) is 6.66. The third-order valence-corrected chi connectivity index (χ3v) is 10.5. The van der Waals surface area contributed by atoms with Crippen molar-refractivity contribution in [2.45, 2.75) is 32.6 Å². The number of hydrogen-bond donors (Lipinski definition) is 2. The number of piperazine rings is 1. The molecule has 13 nitrogen and oxygen atoms in total. The summed E-state index contributed by atoms with van der Waals surface area (Å²) >= 11 is 6.44. The Morgan fingerprint density at radius 1 is 1.04 bits per heavy atom. The third-order valence-electron chi connectivity index (χ3n) is 9.02. The van der Waals surface area contributed by atoms with Gasteiger partial charge in [-0.2, -0.15) is 4.98 Å². The summed E-state index contributed by atoms with van der Waals surface area (Å²) in [7, 11) is -0.364. The average Bonchev–Trinajstić information content (AvgIpc) is 3.10. The number of nitrogens with zero attached hydrogens (tertiary/aromatic N) is 6. The largest absolute Gasteiger partial charge is 0.494 e. The number of hydrogen-bond acceptors (Lipinski definition) is 11. The highest BCUT2D eigenvalue weighted by molar-refractivity contribution is 7.92. The van der Waals surface area contributed by atoms with E-state index in [0.29, 0.717) is 47.1 Å². The summed E-state index contributed by atoms with van der Waals surface area (Å²) in [5.74, 6) is 1.88. The molecule has 2 fully saturated rings. The monoisotopic (exact) mass is 714 g/mol. The first-order valence-corrected chi connectivity index (χ1v) is 18.9. The Labute approximate surface area is 294 Å². The molecule has 2 saturated heterocycles. The van der Waals surface area contributed by atoms with Crippen LogP contribution in [0.2, 0.25) is 5.02 Å². The number of amides is 1. The van der Waals surface area contributed by atoms with Gasteiger partial charge < -0.3 is 29.9 Å². The number of piperidine rings is 1. The lowest BCUT2D eigenvalue weighted by Crippen LogP contribution is -2.50. The van der Waals surface area contributed by atoms with Gasteiger partial charge >= 0.3 is 6.09 Å². The Kier molecular flexibility index (Phi) is 12.3. The van der Waals surface area contributed by atoms with Gasteiger partial charge in [0, 0.05) is 64.6 Å². The number of para-hydroxylation sites is 2. The van der Waals surface area contributed by atoms with E-state index in [-0.39, 0.29) is 11.1 Å². The zero-order valence-electron chi connectivity index (χ0n) is 28.7. The van der Waals surface area contributed by atoms with Crippen molar-refractivity contribution < 1.29 is 22.7 Å². The summed E-state index contributed by atoms with van der Waals surface area (Å²) in [6.07, 6.45) is 6.56. The molecule has 49 heavy (non-hydrogen) atoms. The van der Waals surface area contributed by atoms with Gasteiger partial charge in [0.2, 0.25) is 16.0 Å². The number of ether oxygens (including phenoxy) is 2. The number of anilines is 6. The van der Waals surface area contributed by atoms with Crippen LogP contribution in [0, 0.1) is 5.92 Å². The molecule has 1 amide bonds. The maximum absolute atomic E-state index is 12.3. The van der Waals surface area contributed by atoms with E-state index in [9.17, 15) is 13.2 Å². The number of rotatable bonds is 13. The van der Waals surface area contributed by atoms with Crippen LogP contribution in [0.1, 0.15) is 32.6 Å². The summed E-state index contributed by atoms with van der Waals surface area (Å²) in [5.41, 5.74) is 2.76. The van der Waals surface area contributed by atoms with Crippen molar-refractivity contribution in [2.24, 2.45) is 5.92 Å². The number of benzene rings is 2. The smallest absolute Gasteiger partial charge is 0.409 e. The fourth-order valence-electron chi connectivity index (χ4n) is 6.02.